The highest BCUT2D eigenvalue weighted by Crippen LogP contribution is 2.25. The van der Waals surface area contributed by atoms with Crippen molar-refractivity contribution in [2.45, 2.75) is 24.7 Å². The smallest absolute Gasteiger partial charge is 0.243 e. The highest BCUT2D eigenvalue weighted by molar-refractivity contribution is 7.89. The molecule has 1 aliphatic rings. The van der Waals surface area contributed by atoms with Gasteiger partial charge in [-0.15, -0.1) is 0 Å². The molecular weight excluding hydrogens is 364 g/mol. The quantitative estimate of drug-likeness (QED) is 0.801. The van der Waals surface area contributed by atoms with Crippen LogP contribution in [0.5, 0.6) is 0 Å². The number of hydrogen-bond acceptors (Lipinski definition) is 4. The van der Waals surface area contributed by atoms with Gasteiger partial charge in [0, 0.05) is 30.3 Å². The van der Waals surface area contributed by atoms with E-state index >= 15 is 0 Å². The molecule has 3 rings (SSSR count). The Balaban J connectivity index is 1.65. The van der Waals surface area contributed by atoms with E-state index in [4.69, 9.17) is 0 Å². The molecule has 2 aromatic carbocycles. The first kappa shape index (κ1) is 19.3. The topological polar surface area (TPSA) is 83.6 Å². The lowest BCUT2D eigenvalue weighted by Gasteiger charge is -2.30. The van der Waals surface area contributed by atoms with Crippen molar-refractivity contribution in [3.8, 4) is 0 Å². The summed E-state index contributed by atoms with van der Waals surface area (Å²) in [5.41, 5.74) is 1.10. The molecule has 1 fully saturated rings. The van der Waals surface area contributed by atoms with Crippen molar-refractivity contribution in [2.75, 3.05) is 18.4 Å². The predicted molar refractivity (Wildman–Crippen MR) is 103 cm³/mol. The number of carbonyl (C=O) groups is 2. The zero-order chi connectivity index (χ0) is 19.4. The molecule has 142 valence electrons. The number of nitrogens with zero attached hydrogens (tertiary/aromatic N) is 1. The minimum absolute atomic E-state index is 0.0863. The van der Waals surface area contributed by atoms with Crippen molar-refractivity contribution in [3.63, 3.8) is 0 Å². The highest BCUT2D eigenvalue weighted by Gasteiger charge is 2.32. The van der Waals surface area contributed by atoms with E-state index < -0.39 is 10.0 Å². The van der Waals surface area contributed by atoms with Gasteiger partial charge < -0.3 is 5.32 Å². The zero-order valence-corrected chi connectivity index (χ0v) is 15.9. The number of rotatable bonds is 5. The minimum atomic E-state index is -3.68. The van der Waals surface area contributed by atoms with Gasteiger partial charge in [-0.05, 0) is 44.0 Å². The van der Waals surface area contributed by atoms with Crippen molar-refractivity contribution >= 4 is 27.4 Å². The van der Waals surface area contributed by atoms with Gasteiger partial charge in [-0.2, -0.15) is 4.31 Å². The van der Waals surface area contributed by atoms with Gasteiger partial charge in [-0.3, -0.25) is 9.59 Å². The van der Waals surface area contributed by atoms with Crippen LogP contribution in [0, 0.1) is 5.92 Å². The molecular formula is C20H22N2O4S. The molecule has 6 nitrogen and oxygen atoms in total. The number of hydrogen-bond donors (Lipinski definition) is 1. The standard InChI is InChI=1S/C20H22N2O4S/c1-15(23)17-6-5-9-19(14-17)27(25,26)22-12-10-16(11-13-22)20(24)21-18-7-3-2-4-8-18/h2-9,14,16H,10-13H2,1H3,(H,21,24). The third-order valence-corrected chi connectivity index (χ3v) is 6.64. The SMILES string of the molecule is CC(=O)c1cccc(S(=O)(=O)N2CCC(C(=O)Nc3ccccc3)CC2)c1. The van der Waals surface area contributed by atoms with Crippen molar-refractivity contribution in [1.82, 2.24) is 4.31 Å². The van der Waals surface area contributed by atoms with Crippen molar-refractivity contribution in [3.05, 3.63) is 60.2 Å². The van der Waals surface area contributed by atoms with E-state index in [0.29, 0.717) is 18.4 Å². The first-order valence-electron chi connectivity index (χ1n) is 8.85. The van der Waals surface area contributed by atoms with Crippen LogP contribution >= 0.6 is 0 Å². The molecule has 0 atom stereocenters. The lowest BCUT2D eigenvalue weighted by molar-refractivity contribution is -0.120. The zero-order valence-electron chi connectivity index (χ0n) is 15.1. The lowest BCUT2D eigenvalue weighted by Crippen LogP contribution is -2.41. The molecule has 2 aromatic rings. The number of amides is 1. The van der Waals surface area contributed by atoms with E-state index in [1.807, 2.05) is 30.3 Å². The normalized spacial score (nSPS) is 16.0. The van der Waals surface area contributed by atoms with Crippen LogP contribution in [0.1, 0.15) is 30.1 Å². The molecule has 0 unspecified atom stereocenters. The Kier molecular flexibility index (Phi) is 5.72. The van der Waals surface area contributed by atoms with E-state index in [1.165, 1.54) is 23.4 Å². The summed E-state index contributed by atoms with van der Waals surface area (Å²) in [6.07, 6.45) is 0.925. The fourth-order valence-electron chi connectivity index (χ4n) is 3.15. The van der Waals surface area contributed by atoms with Gasteiger partial charge in [0.15, 0.2) is 5.78 Å². The summed E-state index contributed by atoms with van der Waals surface area (Å²) < 4.78 is 27.1. The summed E-state index contributed by atoms with van der Waals surface area (Å²) in [5.74, 6) is -0.486. The molecule has 0 aromatic heterocycles. The van der Waals surface area contributed by atoms with Gasteiger partial charge in [0.2, 0.25) is 15.9 Å². The second-order valence-electron chi connectivity index (χ2n) is 6.62. The minimum Gasteiger partial charge on any atom is -0.326 e. The van der Waals surface area contributed by atoms with E-state index in [0.717, 1.165) is 5.69 Å². The second kappa shape index (κ2) is 8.02. The maximum absolute atomic E-state index is 12.8. The number of nitrogens with one attached hydrogen (secondary N) is 1. The summed E-state index contributed by atoms with van der Waals surface area (Å²) in [7, 11) is -3.68. The Morgan fingerprint density at radius 1 is 1.00 bits per heavy atom. The van der Waals surface area contributed by atoms with Gasteiger partial charge in [-0.1, -0.05) is 30.3 Å². The van der Waals surface area contributed by atoms with Gasteiger partial charge in [0.25, 0.3) is 0 Å². The molecule has 0 radical (unpaired) electrons. The molecule has 1 heterocycles. The average Bonchev–Trinajstić information content (AvgIpc) is 2.69. The van der Waals surface area contributed by atoms with Gasteiger partial charge in [0.05, 0.1) is 4.90 Å². The Labute approximate surface area is 159 Å². The lowest BCUT2D eigenvalue weighted by atomic mass is 9.97. The van der Waals surface area contributed by atoms with Gasteiger partial charge >= 0.3 is 0 Å². The van der Waals surface area contributed by atoms with Gasteiger partial charge in [-0.25, -0.2) is 8.42 Å². The predicted octanol–water partition coefficient (Wildman–Crippen LogP) is 2.93. The molecule has 0 bridgehead atoms. The van der Waals surface area contributed by atoms with Crippen LogP contribution in [-0.2, 0) is 14.8 Å². The summed E-state index contributed by atoms with van der Waals surface area (Å²) >= 11 is 0. The Hall–Kier alpha value is -2.51. The molecule has 1 aliphatic heterocycles. The van der Waals surface area contributed by atoms with E-state index in [-0.39, 0.29) is 35.6 Å². The van der Waals surface area contributed by atoms with E-state index in [1.54, 1.807) is 12.1 Å². The molecule has 0 aliphatic carbocycles. The largest absolute Gasteiger partial charge is 0.326 e. The number of para-hydroxylation sites is 1. The summed E-state index contributed by atoms with van der Waals surface area (Å²) in [4.78, 5) is 24.0. The van der Waals surface area contributed by atoms with Crippen LogP contribution in [0.3, 0.4) is 0 Å². The number of carbonyl (C=O) groups excluding carboxylic acids is 2. The molecule has 1 amide bonds. The summed E-state index contributed by atoms with van der Waals surface area (Å²) in [6.45, 7) is 1.96. The maximum Gasteiger partial charge on any atom is 0.243 e. The van der Waals surface area contributed by atoms with Crippen molar-refractivity contribution in [1.29, 1.82) is 0 Å². The number of piperidine rings is 1. The van der Waals surface area contributed by atoms with Crippen LogP contribution in [0.4, 0.5) is 5.69 Å². The van der Waals surface area contributed by atoms with Crippen molar-refractivity contribution in [2.24, 2.45) is 5.92 Å². The number of Topliss-reactive ketones (excluding diaryl/α,β-unsaturated/α-hetero) is 1. The monoisotopic (exact) mass is 386 g/mol. The fourth-order valence-corrected chi connectivity index (χ4v) is 4.66. The number of benzene rings is 2. The number of anilines is 1. The Morgan fingerprint density at radius 3 is 2.30 bits per heavy atom. The first-order valence-corrected chi connectivity index (χ1v) is 10.3. The van der Waals surface area contributed by atoms with E-state index in [2.05, 4.69) is 5.32 Å². The van der Waals surface area contributed by atoms with Crippen LogP contribution < -0.4 is 5.32 Å². The Morgan fingerprint density at radius 2 is 1.67 bits per heavy atom. The molecule has 1 saturated heterocycles. The number of ketones is 1. The fraction of sp³-hybridized carbons (Fsp3) is 0.300. The van der Waals surface area contributed by atoms with Crippen LogP contribution in [0.25, 0.3) is 0 Å². The van der Waals surface area contributed by atoms with Crippen molar-refractivity contribution < 1.29 is 18.0 Å². The molecule has 0 saturated carbocycles. The molecule has 0 spiro atoms. The van der Waals surface area contributed by atoms with Crippen LogP contribution in [-0.4, -0.2) is 37.5 Å². The number of sulfonamides is 1. The first-order chi connectivity index (χ1) is 12.9. The molecule has 27 heavy (non-hydrogen) atoms. The summed E-state index contributed by atoms with van der Waals surface area (Å²) in [6, 6.07) is 15.3. The van der Waals surface area contributed by atoms with Crippen LogP contribution in [0.2, 0.25) is 0 Å². The third-order valence-electron chi connectivity index (χ3n) is 4.74. The van der Waals surface area contributed by atoms with Gasteiger partial charge in [0.1, 0.15) is 0 Å². The third kappa shape index (κ3) is 4.43. The maximum atomic E-state index is 12.8. The summed E-state index contributed by atoms with van der Waals surface area (Å²) in [5, 5.41) is 2.87. The Bertz CT molecular complexity index is 933. The van der Waals surface area contributed by atoms with Crippen LogP contribution in [0.15, 0.2) is 59.5 Å². The van der Waals surface area contributed by atoms with E-state index in [9.17, 15) is 18.0 Å². The molecule has 7 heteroatoms. The molecule has 1 N–H and O–H groups in total. The second-order valence-corrected chi connectivity index (χ2v) is 8.56. The highest BCUT2D eigenvalue weighted by atomic mass is 32.2. The average molecular weight is 386 g/mol.